The molecule has 1 saturated heterocycles. The molecule has 184 valence electrons. The largest absolute Gasteiger partial charge is 0.490 e. The molecule has 1 aliphatic carbocycles. The van der Waals surface area contributed by atoms with Crippen LogP contribution in [0.5, 0.6) is 5.75 Å². The summed E-state index contributed by atoms with van der Waals surface area (Å²) in [6.07, 6.45) is 3.83. The lowest BCUT2D eigenvalue weighted by Gasteiger charge is -2.32. The Morgan fingerprint density at radius 3 is 2.55 bits per heavy atom. The van der Waals surface area contributed by atoms with Crippen molar-refractivity contribution in [2.24, 2.45) is 11.3 Å². The predicted octanol–water partition coefficient (Wildman–Crippen LogP) is 3.34. The van der Waals surface area contributed by atoms with E-state index in [1.54, 1.807) is 12.1 Å². The lowest BCUT2D eigenvalue weighted by molar-refractivity contribution is -0.118. The van der Waals surface area contributed by atoms with Crippen LogP contribution in [-0.2, 0) is 14.8 Å². The van der Waals surface area contributed by atoms with Gasteiger partial charge in [-0.1, -0.05) is 33.3 Å². The zero-order valence-corrected chi connectivity index (χ0v) is 20.3. The van der Waals surface area contributed by atoms with Crippen LogP contribution in [0.15, 0.2) is 18.2 Å². The lowest BCUT2D eigenvalue weighted by Crippen LogP contribution is -2.38. The molecular weight excluding hydrogens is 449 g/mol. The summed E-state index contributed by atoms with van der Waals surface area (Å²) in [7, 11) is -3.60. The smallest absolute Gasteiger partial charge is 0.324 e. The fourth-order valence-electron chi connectivity index (χ4n) is 3.72. The zero-order valence-electron chi connectivity index (χ0n) is 19.5. The summed E-state index contributed by atoms with van der Waals surface area (Å²) < 4.78 is 48.3. The molecule has 1 aromatic rings. The molecule has 2 N–H and O–H groups in total. The highest BCUT2D eigenvalue weighted by molar-refractivity contribution is 7.89. The van der Waals surface area contributed by atoms with Gasteiger partial charge in [0, 0.05) is 6.54 Å². The molecule has 3 amide bonds. The van der Waals surface area contributed by atoms with E-state index in [1.165, 1.54) is 11.0 Å². The Kier molecular flexibility index (Phi) is 8.00. The summed E-state index contributed by atoms with van der Waals surface area (Å²) in [5.74, 6) is -0.204. The molecule has 1 aromatic carbocycles. The first-order valence-electron chi connectivity index (χ1n) is 11.5. The number of nitrogens with one attached hydrogen (secondary N) is 2. The van der Waals surface area contributed by atoms with Crippen LogP contribution in [0, 0.1) is 17.2 Å². The number of hydrogen-bond donors (Lipinski definition) is 2. The number of unbranched alkanes of at least 4 members (excludes halogenated alkanes) is 2. The van der Waals surface area contributed by atoms with Gasteiger partial charge in [-0.05, 0) is 54.7 Å². The van der Waals surface area contributed by atoms with Gasteiger partial charge in [0.15, 0.2) is 11.6 Å². The molecule has 33 heavy (non-hydrogen) atoms. The Bertz CT molecular complexity index is 973. The van der Waals surface area contributed by atoms with Crippen LogP contribution in [0.4, 0.5) is 9.18 Å². The van der Waals surface area contributed by atoms with Crippen LogP contribution in [0.1, 0.15) is 64.5 Å². The van der Waals surface area contributed by atoms with Crippen molar-refractivity contribution in [1.29, 1.82) is 0 Å². The van der Waals surface area contributed by atoms with E-state index in [0.717, 1.165) is 12.8 Å². The number of carbonyl (C=O) groups is 2. The topological polar surface area (TPSA) is 105 Å². The van der Waals surface area contributed by atoms with Crippen LogP contribution < -0.4 is 14.8 Å². The maximum atomic E-state index is 14.2. The van der Waals surface area contributed by atoms with E-state index < -0.39 is 33.3 Å². The molecule has 1 unspecified atom stereocenters. The van der Waals surface area contributed by atoms with Crippen LogP contribution in [-0.4, -0.2) is 50.7 Å². The highest BCUT2D eigenvalue weighted by Crippen LogP contribution is 2.36. The molecule has 10 heteroatoms. The summed E-state index contributed by atoms with van der Waals surface area (Å²) >= 11 is 0. The molecule has 0 radical (unpaired) electrons. The van der Waals surface area contributed by atoms with Crippen molar-refractivity contribution >= 4 is 22.0 Å². The second-order valence-corrected chi connectivity index (χ2v) is 11.9. The molecular formula is C23H34FN3O5S. The van der Waals surface area contributed by atoms with E-state index >= 15 is 0 Å². The molecule has 1 atom stereocenters. The fourth-order valence-corrected chi connectivity index (χ4v) is 5.27. The minimum Gasteiger partial charge on any atom is -0.490 e. The summed E-state index contributed by atoms with van der Waals surface area (Å²) in [4.78, 5) is 24.2. The Labute approximate surface area is 195 Å². The Hall–Kier alpha value is -2.20. The minimum atomic E-state index is -3.60. The lowest BCUT2D eigenvalue weighted by atomic mass is 9.83. The first-order chi connectivity index (χ1) is 15.4. The van der Waals surface area contributed by atoms with Gasteiger partial charge < -0.3 is 9.64 Å². The van der Waals surface area contributed by atoms with E-state index in [2.05, 4.69) is 10.0 Å². The molecule has 1 heterocycles. The van der Waals surface area contributed by atoms with Gasteiger partial charge in [0.25, 0.3) is 0 Å². The van der Waals surface area contributed by atoms with Crippen molar-refractivity contribution in [3.63, 3.8) is 0 Å². The number of nitrogens with zero attached hydrogens (tertiary/aromatic N) is 1. The van der Waals surface area contributed by atoms with Gasteiger partial charge in [-0.3, -0.25) is 10.1 Å². The third kappa shape index (κ3) is 7.67. The van der Waals surface area contributed by atoms with Gasteiger partial charge >= 0.3 is 6.03 Å². The SMILES string of the molecule is CC(C)(C)C(NS(=O)(=O)CCCCCN1CC(=O)NC1=O)c1ccc(F)c(OCC2CC2)c1. The highest BCUT2D eigenvalue weighted by atomic mass is 32.2. The van der Waals surface area contributed by atoms with Gasteiger partial charge in [-0.15, -0.1) is 0 Å². The van der Waals surface area contributed by atoms with Crippen LogP contribution >= 0.6 is 0 Å². The number of imide groups is 1. The average Bonchev–Trinajstić information content (AvgIpc) is 3.48. The molecule has 0 aromatic heterocycles. The van der Waals surface area contributed by atoms with Crippen molar-refractivity contribution in [3.05, 3.63) is 29.6 Å². The Balaban J connectivity index is 1.56. The standard InChI is InChI=1S/C23H34FN3O5S/c1-23(2,3)21(17-9-10-18(24)19(13-17)32-15-16-7-8-16)26-33(30,31)12-6-4-5-11-27-14-20(28)25-22(27)29/h9-10,13,16,21,26H,4-8,11-12,14-15H2,1-3H3,(H,25,28,29). The van der Waals surface area contributed by atoms with Gasteiger partial charge in [-0.25, -0.2) is 22.3 Å². The highest BCUT2D eigenvalue weighted by Gasteiger charge is 2.31. The van der Waals surface area contributed by atoms with E-state index in [9.17, 15) is 22.4 Å². The number of urea groups is 1. The minimum absolute atomic E-state index is 0.0516. The monoisotopic (exact) mass is 483 g/mol. The van der Waals surface area contributed by atoms with Crippen LogP contribution in [0.3, 0.4) is 0 Å². The number of carbonyl (C=O) groups excluding carboxylic acids is 2. The maximum Gasteiger partial charge on any atom is 0.324 e. The van der Waals surface area contributed by atoms with Crippen molar-refractivity contribution in [2.75, 3.05) is 25.4 Å². The first kappa shape index (κ1) is 25.4. The maximum absolute atomic E-state index is 14.2. The number of benzene rings is 1. The van der Waals surface area contributed by atoms with Crippen LogP contribution in [0.25, 0.3) is 0 Å². The van der Waals surface area contributed by atoms with Gasteiger partial charge in [0.05, 0.1) is 18.4 Å². The first-order valence-corrected chi connectivity index (χ1v) is 13.1. The molecule has 2 aliphatic rings. The predicted molar refractivity (Wildman–Crippen MR) is 123 cm³/mol. The molecule has 0 spiro atoms. The van der Waals surface area contributed by atoms with Crippen LogP contribution in [0.2, 0.25) is 0 Å². The quantitative estimate of drug-likeness (QED) is 0.350. The van der Waals surface area contributed by atoms with E-state index in [4.69, 9.17) is 4.74 Å². The number of ether oxygens (including phenoxy) is 1. The number of sulfonamides is 1. The van der Waals surface area contributed by atoms with Crippen molar-refractivity contribution in [2.45, 2.75) is 58.9 Å². The Morgan fingerprint density at radius 2 is 1.94 bits per heavy atom. The van der Waals surface area contributed by atoms with E-state index in [-0.39, 0.29) is 24.0 Å². The summed E-state index contributed by atoms with van der Waals surface area (Å²) in [5, 5.41) is 2.22. The number of halogens is 1. The molecule has 0 bridgehead atoms. The molecule has 8 nitrogen and oxygen atoms in total. The normalized spacial score (nSPS) is 17.9. The number of rotatable bonds is 12. The second kappa shape index (κ2) is 10.4. The van der Waals surface area contributed by atoms with Crippen molar-refractivity contribution in [1.82, 2.24) is 14.9 Å². The number of hydrogen-bond acceptors (Lipinski definition) is 5. The molecule has 1 aliphatic heterocycles. The van der Waals surface area contributed by atoms with Crippen molar-refractivity contribution < 1.29 is 27.1 Å². The van der Waals surface area contributed by atoms with Crippen molar-refractivity contribution in [3.8, 4) is 5.75 Å². The average molecular weight is 484 g/mol. The molecule has 2 fully saturated rings. The third-order valence-electron chi connectivity index (χ3n) is 5.83. The number of amides is 3. The zero-order chi connectivity index (χ0) is 24.2. The summed E-state index contributed by atoms with van der Waals surface area (Å²) in [6.45, 7) is 6.72. The van der Waals surface area contributed by atoms with Gasteiger partial charge in [0.1, 0.15) is 6.54 Å². The van der Waals surface area contributed by atoms with Gasteiger partial charge in [-0.2, -0.15) is 0 Å². The Morgan fingerprint density at radius 1 is 1.21 bits per heavy atom. The van der Waals surface area contributed by atoms with E-state index in [0.29, 0.717) is 43.9 Å². The van der Waals surface area contributed by atoms with E-state index in [1.807, 2.05) is 20.8 Å². The summed E-state index contributed by atoms with van der Waals surface area (Å²) in [6, 6.07) is 3.57. The fraction of sp³-hybridized carbons (Fsp3) is 0.652. The molecule has 3 rings (SSSR count). The summed E-state index contributed by atoms with van der Waals surface area (Å²) in [5.41, 5.74) is 0.205. The molecule has 1 saturated carbocycles. The van der Waals surface area contributed by atoms with Gasteiger partial charge in [0.2, 0.25) is 15.9 Å². The third-order valence-corrected chi connectivity index (χ3v) is 7.25. The second-order valence-electron chi connectivity index (χ2n) is 10.0.